The molecule has 7 heteroatoms. The number of rotatable bonds is 5. The van der Waals surface area contributed by atoms with E-state index in [1.807, 2.05) is 22.8 Å². The second-order valence-electron chi connectivity index (χ2n) is 9.72. The van der Waals surface area contributed by atoms with Crippen molar-refractivity contribution in [1.82, 2.24) is 18.7 Å². The number of ether oxygens (including phenoxy) is 1. The zero-order valence-corrected chi connectivity index (χ0v) is 19.4. The van der Waals surface area contributed by atoms with Gasteiger partial charge in [0.2, 0.25) is 0 Å². The van der Waals surface area contributed by atoms with Crippen LogP contribution >= 0.6 is 0 Å². The first-order chi connectivity index (χ1) is 15.8. The summed E-state index contributed by atoms with van der Waals surface area (Å²) in [5, 5.41) is 0. The smallest absolute Gasteiger partial charge is 0.337 e. The Kier molecular flexibility index (Phi) is 5.00. The zero-order valence-electron chi connectivity index (χ0n) is 19.4. The number of nitrogens with zero attached hydrogens (tertiary/aromatic N) is 4. The predicted molar refractivity (Wildman–Crippen MR) is 129 cm³/mol. The lowest BCUT2D eigenvalue weighted by Crippen LogP contribution is -2.39. The van der Waals surface area contributed by atoms with Gasteiger partial charge in [0.1, 0.15) is 5.75 Å². The summed E-state index contributed by atoms with van der Waals surface area (Å²) in [4.78, 5) is 31.4. The Morgan fingerprint density at radius 3 is 2.42 bits per heavy atom. The molecule has 2 heterocycles. The molecule has 0 spiro atoms. The third kappa shape index (κ3) is 3.77. The van der Waals surface area contributed by atoms with E-state index in [2.05, 4.69) is 50.0 Å². The molecule has 2 aromatic carbocycles. The topological polar surface area (TPSA) is 71.1 Å². The van der Waals surface area contributed by atoms with Crippen molar-refractivity contribution in [1.29, 1.82) is 0 Å². The minimum absolute atomic E-state index is 0.0549. The van der Waals surface area contributed by atoms with Gasteiger partial charge in [-0.1, -0.05) is 51.1 Å². The maximum atomic E-state index is 13.5. The number of methoxy groups -OCH3 is 1. The van der Waals surface area contributed by atoms with Crippen molar-refractivity contribution in [3.8, 4) is 11.4 Å². The third-order valence-electron chi connectivity index (χ3n) is 6.25. The van der Waals surface area contributed by atoms with E-state index in [0.29, 0.717) is 29.1 Å². The van der Waals surface area contributed by atoms with Crippen molar-refractivity contribution in [3.05, 3.63) is 86.8 Å². The molecule has 33 heavy (non-hydrogen) atoms. The van der Waals surface area contributed by atoms with Gasteiger partial charge in [-0.05, 0) is 41.5 Å². The zero-order chi connectivity index (χ0) is 23.3. The summed E-state index contributed by atoms with van der Waals surface area (Å²) in [7, 11) is 1.59. The molecule has 1 aliphatic carbocycles. The van der Waals surface area contributed by atoms with Gasteiger partial charge in [0, 0.05) is 18.7 Å². The van der Waals surface area contributed by atoms with Crippen LogP contribution in [0.2, 0.25) is 0 Å². The Morgan fingerprint density at radius 2 is 1.79 bits per heavy atom. The predicted octanol–water partition coefficient (Wildman–Crippen LogP) is 4.04. The first kappa shape index (κ1) is 21.2. The van der Waals surface area contributed by atoms with Gasteiger partial charge >= 0.3 is 5.69 Å². The van der Waals surface area contributed by atoms with E-state index in [9.17, 15) is 9.59 Å². The first-order valence-corrected chi connectivity index (χ1v) is 11.2. The second-order valence-corrected chi connectivity index (χ2v) is 9.72. The summed E-state index contributed by atoms with van der Waals surface area (Å²) in [6, 6.07) is 15.6. The van der Waals surface area contributed by atoms with Crippen LogP contribution in [0.25, 0.3) is 16.9 Å². The van der Waals surface area contributed by atoms with Crippen LogP contribution in [-0.4, -0.2) is 25.8 Å². The van der Waals surface area contributed by atoms with E-state index >= 15 is 0 Å². The molecule has 170 valence electrons. The molecule has 0 atom stereocenters. The Labute approximate surface area is 191 Å². The van der Waals surface area contributed by atoms with Gasteiger partial charge in [0.25, 0.3) is 5.56 Å². The normalized spacial score (nSPS) is 14.1. The maximum Gasteiger partial charge on any atom is 0.337 e. The molecule has 1 saturated carbocycles. The summed E-state index contributed by atoms with van der Waals surface area (Å²) in [5.41, 5.74) is 3.18. The van der Waals surface area contributed by atoms with Gasteiger partial charge < -0.3 is 9.30 Å². The van der Waals surface area contributed by atoms with E-state index in [0.717, 1.165) is 18.4 Å². The molecule has 2 aromatic heterocycles. The Hall–Kier alpha value is -3.61. The van der Waals surface area contributed by atoms with Gasteiger partial charge in [-0.3, -0.25) is 9.36 Å². The summed E-state index contributed by atoms with van der Waals surface area (Å²) in [6.45, 7) is 7.05. The molecule has 1 aliphatic rings. The molecule has 0 N–H and O–H groups in total. The largest absolute Gasteiger partial charge is 0.497 e. The van der Waals surface area contributed by atoms with Crippen molar-refractivity contribution in [2.75, 3.05) is 7.11 Å². The molecule has 0 saturated heterocycles. The molecule has 0 bridgehead atoms. The van der Waals surface area contributed by atoms with E-state index in [1.54, 1.807) is 19.5 Å². The minimum Gasteiger partial charge on any atom is -0.497 e. The van der Waals surface area contributed by atoms with Crippen LogP contribution in [0.15, 0.2) is 64.4 Å². The molecule has 7 nitrogen and oxygen atoms in total. The Morgan fingerprint density at radius 1 is 1.06 bits per heavy atom. The number of fused-ring (bicyclic) bond motifs is 1. The van der Waals surface area contributed by atoms with Crippen molar-refractivity contribution in [3.63, 3.8) is 0 Å². The van der Waals surface area contributed by atoms with Crippen LogP contribution in [0.1, 0.15) is 50.8 Å². The first-order valence-electron chi connectivity index (χ1n) is 11.2. The SMILES string of the molecule is COc1cccc(-n2c(=O)n(C3CC3)c(=O)c3c2ncn3Cc2ccc(C(C)(C)C)cc2)c1. The van der Waals surface area contributed by atoms with Gasteiger partial charge in [-0.15, -0.1) is 0 Å². The summed E-state index contributed by atoms with van der Waals surface area (Å²) < 4.78 is 10.1. The lowest BCUT2D eigenvalue weighted by atomic mass is 9.87. The molecular weight excluding hydrogens is 416 g/mol. The molecule has 0 amide bonds. The molecule has 0 radical (unpaired) electrons. The summed E-state index contributed by atoms with van der Waals surface area (Å²) >= 11 is 0. The highest BCUT2D eigenvalue weighted by Gasteiger charge is 2.30. The van der Waals surface area contributed by atoms with Crippen molar-refractivity contribution >= 4 is 11.2 Å². The molecule has 0 aliphatic heterocycles. The van der Waals surface area contributed by atoms with Gasteiger partial charge in [-0.2, -0.15) is 0 Å². The molecule has 4 aromatic rings. The standard InChI is InChI=1S/C26H28N4O3/c1-26(2,3)18-10-8-17(9-11-18)15-28-16-27-23-22(28)24(31)30(19-12-13-19)25(32)29(23)20-6-5-7-21(14-20)33-4/h5-11,14,16,19H,12-13,15H2,1-4H3. The fourth-order valence-electron chi connectivity index (χ4n) is 4.22. The maximum absolute atomic E-state index is 13.5. The lowest BCUT2D eigenvalue weighted by Gasteiger charge is -2.19. The van der Waals surface area contributed by atoms with Gasteiger partial charge in [0.05, 0.1) is 19.1 Å². The van der Waals surface area contributed by atoms with Crippen LogP contribution in [0, 0.1) is 0 Å². The molecule has 5 rings (SSSR count). The van der Waals surface area contributed by atoms with E-state index in [1.165, 1.54) is 14.7 Å². The highest BCUT2D eigenvalue weighted by atomic mass is 16.5. The van der Waals surface area contributed by atoms with Crippen LogP contribution in [0.3, 0.4) is 0 Å². The third-order valence-corrected chi connectivity index (χ3v) is 6.25. The summed E-state index contributed by atoms with van der Waals surface area (Å²) in [6.07, 6.45) is 3.32. The van der Waals surface area contributed by atoms with Gasteiger partial charge in [0.15, 0.2) is 11.2 Å². The Balaban J connectivity index is 1.67. The summed E-state index contributed by atoms with van der Waals surface area (Å²) in [5.74, 6) is 0.634. The number of hydrogen-bond donors (Lipinski definition) is 0. The highest BCUT2D eigenvalue weighted by Crippen LogP contribution is 2.33. The molecule has 0 unspecified atom stereocenters. The monoisotopic (exact) mass is 444 g/mol. The molecular formula is C26H28N4O3. The van der Waals surface area contributed by atoms with E-state index in [4.69, 9.17) is 4.74 Å². The molecule has 1 fully saturated rings. The second kappa shape index (κ2) is 7.76. The number of aromatic nitrogens is 4. The van der Waals surface area contributed by atoms with Crippen LogP contribution < -0.4 is 16.0 Å². The minimum atomic E-state index is -0.358. The lowest BCUT2D eigenvalue weighted by molar-refractivity contribution is 0.414. The average Bonchev–Trinajstić information content (AvgIpc) is 3.54. The van der Waals surface area contributed by atoms with E-state index < -0.39 is 0 Å². The fraction of sp³-hybridized carbons (Fsp3) is 0.346. The fourth-order valence-corrected chi connectivity index (χ4v) is 4.22. The number of benzene rings is 2. The quantitative estimate of drug-likeness (QED) is 0.466. The van der Waals surface area contributed by atoms with Crippen molar-refractivity contribution < 1.29 is 4.74 Å². The van der Waals surface area contributed by atoms with Crippen LogP contribution in [0.4, 0.5) is 0 Å². The number of imidazole rings is 1. The average molecular weight is 445 g/mol. The Bertz CT molecular complexity index is 1450. The highest BCUT2D eigenvalue weighted by molar-refractivity contribution is 5.72. The van der Waals surface area contributed by atoms with Crippen LogP contribution in [-0.2, 0) is 12.0 Å². The van der Waals surface area contributed by atoms with Crippen LogP contribution in [0.5, 0.6) is 5.75 Å². The van der Waals surface area contributed by atoms with Gasteiger partial charge in [-0.25, -0.2) is 14.3 Å². The number of hydrogen-bond acceptors (Lipinski definition) is 4. The van der Waals surface area contributed by atoms with Crippen molar-refractivity contribution in [2.24, 2.45) is 0 Å². The van der Waals surface area contributed by atoms with Crippen molar-refractivity contribution in [2.45, 2.75) is 51.6 Å². The van der Waals surface area contributed by atoms with E-state index in [-0.39, 0.29) is 22.7 Å².